The number of carbonyl (C=O) groups is 2. The molecule has 0 atom stereocenters. The van der Waals surface area contributed by atoms with Gasteiger partial charge in [0.25, 0.3) is 5.91 Å². The van der Waals surface area contributed by atoms with Crippen LogP contribution in [0.5, 0.6) is 0 Å². The molecule has 0 unspecified atom stereocenters. The normalized spacial score (nSPS) is 14.0. The van der Waals surface area contributed by atoms with Gasteiger partial charge in [0.15, 0.2) is 5.69 Å². The summed E-state index contributed by atoms with van der Waals surface area (Å²) in [6, 6.07) is 17.5. The van der Waals surface area contributed by atoms with Gasteiger partial charge in [-0.3, -0.25) is 4.79 Å². The molecule has 0 spiro atoms. The average Bonchev–Trinajstić information content (AvgIpc) is 3.28. The zero-order chi connectivity index (χ0) is 27.7. The number of benzene rings is 2. The topological polar surface area (TPSA) is 105 Å². The first-order valence-electron chi connectivity index (χ1n) is 13.0. The first-order valence-corrected chi connectivity index (χ1v) is 13.0. The molecule has 202 valence electrons. The Morgan fingerprint density at radius 1 is 0.923 bits per heavy atom. The number of anilines is 2. The molecule has 0 aliphatic carbocycles. The number of rotatable bonds is 4. The Labute approximate surface area is 227 Å². The van der Waals surface area contributed by atoms with E-state index in [9.17, 15) is 9.59 Å². The molecule has 10 heteroatoms. The molecule has 1 saturated heterocycles. The smallest absolute Gasteiger partial charge is 0.410 e. The van der Waals surface area contributed by atoms with Gasteiger partial charge in [0.05, 0.1) is 16.9 Å². The number of nitrogens with one attached hydrogen (secondary N) is 1. The fourth-order valence-corrected chi connectivity index (χ4v) is 4.68. The molecule has 1 N–H and O–H groups in total. The molecule has 1 aliphatic rings. The molecule has 0 radical (unpaired) electrons. The second kappa shape index (κ2) is 10.4. The summed E-state index contributed by atoms with van der Waals surface area (Å²) in [7, 11) is 0. The lowest BCUT2D eigenvalue weighted by Gasteiger charge is -2.37. The van der Waals surface area contributed by atoms with E-state index in [0.717, 1.165) is 27.8 Å². The van der Waals surface area contributed by atoms with Gasteiger partial charge in [-0.1, -0.05) is 41.6 Å². The minimum absolute atomic E-state index is 0.237. The summed E-state index contributed by atoms with van der Waals surface area (Å²) >= 11 is 0. The van der Waals surface area contributed by atoms with Crippen LogP contribution in [-0.4, -0.2) is 68.7 Å². The van der Waals surface area contributed by atoms with Crippen molar-refractivity contribution in [3.8, 4) is 5.69 Å². The average molecular weight is 528 g/mol. The van der Waals surface area contributed by atoms with Crippen molar-refractivity contribution >= 4 is 34.4 Å². The molecule has 2 aromatic heterocycles. The van der Waals surface area contributed by atoms with Crippen molar-refractivity contribution in [2.24, 2.45) is 0 Å². The highest BCUT2D eigenvalue weighted by atomic mass is 16.6. The maximum atomic E-state index is 13.3. The molecule has 1 fully saturated rings. The van der Waals surface area contributed by atoms with Crippen molar-refractivity contribution in [1.29, 1.82) is 0 Å². The number of aromatic nitrogens is 4. The maximum Gasteiger partial charge on any atom is 0.410 e. The van der Waals surface area contributed by atoms with E-state index in [1.54, 1.807) is 9.58 Å². The Morgan fingerprint density at radius 2 is 1.62 bits per heavy atom. The molecule has 39 heavy (non-hydrogen) atoms. The zero-order valence-electron chi connectivity index (χ0n) is 22.9. The fraction of sp³-hybridized carbons (Fsp3) is 0.345. The third-order valence-corrected chi connectivity index (χ3v) is 6.66. The van der Waals surface area contributed by atoms with Crippen LogP contribution in [0.25, 0.3) is 16.6 Å². The number of piperazine rings is 1. The molecule has 4 aromatic rings. The van der Waals surface area contributed by atoms with Crippen molar-refractivity contribution in [2.75, 3.05) is 36.4 Å². The molecule has 0 bridgehead atoms. The lowest BCUT2D eigenvalue weighted by molar-refractivity contribution is 0.0240. The van der Waals surface area contributed by atoms with E-state index in [2.05, 4.69) is 20.5 Å². The first kappa shape index (κ1) is 26.1. The third-order valence-electron chi connectivity index (χ3n) is 6.66. The molecule has 2 aromatic carbocycles. The molecular formula is C29H33N7O3. The van der Waals surface area contributed by atoms with Crippen LogP contribution in [0.3, 0.4) is 0 Å². The van der Waals surface area contributed by atoms with Crippen LogP contribution in [0.4, 0.5) is 16.3 Å². The van der Waals surface area contributed by atoms with E-state index >= 15 is 0 Å². The number of aryl methyl sites for hydroxylation is 1. The summed E-state index contributed by atoms with van der Waals surface area (Å²) < 4.78 is 7.21. The van der Waals surface area contributed by atoms with Gasteiger partial charge >= 0.3 is 6.09 Å². The monoisotopic (exact) mass is 527 g/mol. The van der Waals surface area contributed by atoms with E-state index in [1.165, 1.54) is 0 Å². The Morgan fingerprint density at radius 3 is 2.33 bits per heavy atom. The summed E-state index contributed by atoms with van der Waals surface area (Å²) in [4.78, 5) is 34.4. The largest absolute Gasteiger partial charge is 0.444 e. The van der Waals surface area contributed by atoms with Gasteiger partial charge in [-0.2, -0.15) is 0 Å². The van der Waals surface area contributed by atoms with Crippen LogP contribution < -0.4 is 10.2 Å². The van der Waals surface area contributed by atoms with Crippen LogP contribution in [-0.2, 0) is 4.74 Å². The Bertz CT molecular complexity index is 1530. The van der Waals surface area contributed by atoms with Crippen molar-refractivity contribution in [3.05, 3.63) is 71.5 Å². The van der Waals surface area contributed by atoms with Crippen LogP contribution in [0, 0.1) is 13.8 Å². The van der Waals surface area contributed by atoms with E-state index < -0.39 is 5.60 Å². The number of fused-ring (bicyclic) bond motifs is 1. The number of hydrogen-bond donors (Lipinski definition) is 1. The molecule has 5 rings (SSSR count). The molecule has 0 saturated carbocycles. The van der Waals surface area contributed by atoms with E-state index in [4.69, 9.17) is 9.72 Å². The molecule has 1 aliphatic heterocycles. The number of nitrogens with zero attached hydrogens (tertiary/aromatic N) is 6. The molecular weight excluding hydrogens is 494 g/mol. The predicted molar refractivity (Wildman–Crippen MR) is 151 cm³/mol. The van der Waals surface area contributed by atoms with Gasteiger partial charge in [-0.15, -0.1) is 5.10 Å². The second-order valence-electron chi connectivity index (χ2n) is 10.7. The Kier molecular flexibility index (Phi) is 6.94. The predicted octanol–water partition coefficient (Wildman–Crippen LogP) is 4.74. The zero-order valence-corrected chi connectivity index (χ0v) is 22.9. The van der Waals surface area contributed by atoms with Crippen LogP contribution in [0.15, 0.2) is 54.6 Å². The minimum Gasteiger partial charge on any atom is -0.444 e. The van der Waals surface area contributed by atoms with Crippen LogP contribution in [0.2, 0.25) is 0 Å². The lowest BCUT2D eigenvalue weighted by Crippen LogP contribution is -2.50. The number of para-hydroxylation sites is 2. The molecule has 3 heterocycles. The van der Waals surface area contributed by atoms with Gasteiger partial charge in [0.1, 0.15) is 11.4 Å². The van der Waals surface area contributed by atoms with Gasteiger partial charge in [0.2, 0.25) is 0 Å². The van der Waals surface area contributed by atoms with Crippen molar-refractivity contribution in [2.45, 2.75) is 40.2 Å². The van der Waals surface area contributed by atoms with Crippen LogP contribution in [0.1, 0.15) is 42.5 Å². The summed E-state index contributed by atoms with van der Waals surface area (Å²) in [6.45, 7) is 11.7. The van der Waals surface area contributed by atoms with Gasteiger partial charge in [0, 0.05) is 43.3 Å². The Balaban J connectivity index is 1.37. The number of pyridine rings is 1. The molecule has 10 nitrogen and oxygen atoms in total. The van der Waals surface area contributed by atoms with E-state index in [0.29, 0.717) is 37.7 Å². The fourth-order valence-electron chi connectivity index (χ4n) is 4.68. The Hall–Kier alpha value is -4.47. The highest BCUT2D eigenvalue weighted by molar-refractivity contribution is 6.04. The van der Waals surface area contributed by atoms with Gasteiger partial charge < -0.3 is 19.9 Å². The van der Waals surface area contributed by atoms with Crippen molar-refractivity contribution < 1.29 is 14.3 Å². The summed E-state index contributed by atoms with van der Waals surface area (Å²) in [5, 5.41) is 12.3. The quantitative estimate of drug-likeness (QED) is 0.409. The number of amides is 2. The highest BCUT2D eigenvalue weighted by Crippen LogP contribution is 2.30. The minimum atomic E-state index is -0.535. The maximum absolute atomic E-state index is 13.3. The van der Waals surface area contributed by atoms with E-state index in [-0.39, 0.29) is 17.7 Å². The van der Waals surface area contributed by atoms with Crippen molar-refractivity contribution in [3.63, 3.8) is 0 Å². The van der Waals surface area contributed by atoms with E-state index in [1.807, 2.05) is 89.2 Å². The second-order valence-corrected chi connectivity index (χ2v) is 10.7. The first-order chi connectivity index (χ1) is 18.6. The summed E-state index contributed by atoms with van der Waals surface area (Å²) in [5.41, 5.74) is 3.96. The molecule has 2 amide bonds. The number of hydrogen-bond acceptors (Lipinski definition) is 7. The highest BCUT2D eigenvalue weighted by Gasteiger charge is 2.27. The standard InChI is InChI=1S/C29H33N7O3/c1-19-10-6-9-13-23(19)36-20(2)26(32-33-36)27(37)31-25-18-24(21-11-7-8-12-22(21)30-25)34-14-16-35(17-15-34)28(38)39-29(3,4)5/h6-13,18H,14-17H2,1-5H3,(H,30,31,37). The lowest BCUT2D eigenvalue weighted by atomic mass is 10.1. The van der Waals surface area contributed by atoms with Gasteiger partial charge in [-0.25, -0.2) is 14.5 Å². The SMILES string of the molecule is Cc1ccccc1-n1nnc(C(=O)Nc2cc(N3CCN(C(=O)OC(C)(C)C)CC3)c3ccccc3n2)c1C. The van der Waals surface area contributed by atoms with Crippen LogP contribution >= 0.6 is 0 Å². The van der Waals surface area contributed by atoms with Gasteiger partial charge in [-0.05, 0) is 52.3 Å². The summed E-state index contributed by atoms with van der Waals surface area (Å²) in [6.07, 6.45) is -0.302. The summed E-state index contributed by atoms with van der Waals surface area (Å²) in [5.74, 6) is 0.0453. The number of carbonyl (C=O) groups excluding carboxylic acids is 2. The van der Waals surface area contributed by atoms with Crippen molar-refractivity contribution in [1.82, 2.24) is 24.9 Å². The third kappa shape index (κ3) is 5.55. The number of ether oxygens (including phenoxy) is 1.